The Labute approximate surface area is 121 Å². The average Bonchev–Trinajstić information content (AvgIpc) is 2.50. The van der Waals surface area contributed by atoms with Crippen LogP contribution in [0.4, 0.5) is 5.82 Å². The summed E-state index contributed by atoms with van der Waals surface area (Å²) >= 11 is 0. The lowest BCUT2D eigenvalue weighted by atomic mass is 10.1. The Hall–Kier alpha value is -2.05. The molecule has 0 spiro atoms. The van der Waals surface area contributed by atoms with Crippen LogP contribution in [0, 0.1) is 12.3 Å². The molecule has 0 aliphatic rings. The molecular weight excluding hydrogens is 246 g/mol. The van der Waals surface area contributed by atoms with Crippen LogP contribution in [0.15, 0.2) is 30.3 Å². The van der Waals surface area contributed by atoms with Gasteiger partial charge in [-0.25, -0.2) is 4.98 Å². The SMILES string of the molecule is C#CCN(CC)c1nc(CNCC)cc2ccccc12. The van der Waals surface area contributed by atoms with Crippen LogP contribution in [0.5, 0.6) is 0 Å². The molecule has 0 fully saturated rings. The van der Waals surface area contributed by atoms with Crippen molar-refractivity contribution in [1.29, 1.82) is 0 Å². The molecule has 1 heterocycles. The minimum Gasteiger partial charge on any atom is -0.345 e. The van der Waals surface area contributed by atoms with Crippen molar-refractivity contribution < 1.29 is 0 Å². The van der Waals surface area contributed by atoms with Gasteiger partial charge in [-0.3, -0.25) is 0 Å². The topological polar surface area (TPSA) is 28.2 Å². The van der Waals surface area contributed by atoms with E-state index in [1.165, 1.54) is 5.39 Å². The molecule has 20 heavy (non-hydrogen) atoms. The summed E-state index contributed by atoms with van der Waals surface area (Å²) in [6.45, 7) is 7.35. The van der Waals surface area contributed by atoms with Gasteiger partial charge in [0.2, 0.25) is 0 Å². The molecule has 1 aromatic carbocycles. The molecule has 3 nitrogen and oxygen atoms in total. The van der Waals surface area contributed by atoms with Crippen LogP contribution in [0.1, 0.15) is 19.5 Å². The van der Waals surface area contributed by atoms with Crippen molar-refractivity contribution in [2.45, 2.75) is 20.4 Å². The molecule has 0 radical (unpaired) electrons. The zero-order chi connectivity index (χ0) is 14.4. The fraction of sp³-hybridized carbons (Fsp3) is 0.353. The number of aromatic nitrogens is 1. The second-order valence-electron chi connectivity index (χ2n) is 4.66. The van der Waals surface area contributed by atoms with Crippen molar-refractivity contribution in [2.75, 3.05) is 24.5 Å². The Balaban J connectivity index is 2.51. The van der Waals surface area contributed by atoms with Crippen LogP contribution in [0.25, 0.3) is 10.8 Å². The molecule has 0 saturated carbocycles. The largest absolute Gasteiger partial charge is 0.345 e. The number of terminal acetylenes is 1. The highest BCUT2D eigenvalue weighted by Crippen LogP contribution is 2.25. The number of rotatable bonds is 6. The van der Waals surface area contributed by atoms with Crippen LogP contribution in [0.3, 0.4) is 0 Å². The number of hydrogen-bond acceptors (Lipinski definition) is 3. The molecule has 2 rings (SSSR count). The Morgan fingerprint density at radius 3 is 2.80 bits per heavy atom. The molecule has 0 atom stereocenters. The molecule has 2 aromatic rings. The van der Waals surface area contributed by atoms with Gasteiger partial charge < -0.3 is 10.2 Å². The predicted octanol–water partition coefficient (Wildman–Crippen LogP) is 2.80. The lowest BCUT2D eigenvalue weighted by Gasteiger charge is -2.22. The molecular formula is C17H21N3. The third-order valence-corrected chi connectivity index (χ3v) is 3.29. The smallest absolute Gasteiger partial charge is 0.137 e. The summed E-state index contributed by atoms with van der Waals surface area (Å²) in [5, 5.41) is 5.69. The van der Waals surface area contributed by atoms with E-state index in [9.17, 15) is 0 Å². The molecule has 0 amide bonds. The normalized spacial score (nSPS) is 10.4. The van der Waals surface area contributed by atoms with Gasteiger partial charge >= 0.3 is 0 Å². The predicted molar refractivity (Wildman–Crippen MR) is 85.8 cm³/mol. The molecule has 104 valence electrons. The molecule has 1 aromatic heterocycles. The summed E-state index contributed by atoms with van der Waals surface area (Å²) in [5.41, 5.74) is 1.05. The highest BCUT2D eigenvalue weighted by molar-refractivity contribution is 5.92. The first-order chi connectivity index (χ1) is 9.80. The zero-order valence-corrected chi connectivity index (χ0v) is 12.2. The van der Waals surface area contributed by atoms with Gasteiger partial charge in [0.1, 0.15) is 5.82 Å². The number of nitrogens with one attached hydrogen (secondary N) is 1. The van der Waals surface area contributed by atoms with Crippen LogP contribution >= 0.6 is 0 Å². The Morgan fingerprint density at radius 1 is 1.30 bits per heavy atom. The third-order valence-electron chi connectivity index (χ3n) is 3.29. The number of fused-ring (bicyclic) bond motifs is 1. The summed E-state index contributed by atoms with van der Waals surface area (Å²) in [4.78, 5) is 6.93. The van der Waals surface area contributed by atoms with Crippen LogP contribution in [-0.2, 0) is 6.54 Å². The van der Waals surface area contributed by atoms with Gasteiger partial charge in [0.15, 0.2) is 0 Å². The highest BCUT2D eigenvalue weighted by atomic mass is 15.2. The van der Waals surface area contributed by atoms with Gasteiger partial charge in [0, 0.05) is 18.5 Å². The van der Waals surface area contributed by atoms with Crippen molar-refractivity contribution in [1.82, 2.24) is 10.3 Å². The van der Waals surface area contributed by atoms with E-state index in [4.69, 9.17) is 11.4 Å². The number of benzene rings is 1. The Morgan fingerprint density at radius 2 is 2.10 bits per heavy atom. The van der Waals surface area contributed by atoms with Gasteiger partial charge in [0.05, 0.1) is 12.2 Å². The zero-order valence-electron chi connectivity index (χ0n) is 12.2. The quantitative estimate of drug-likeness (QED) is 0.816. The summed E-state index contributed by atoms with van der Waals surface area (Å²) < 4.78 is 0. The first-order valence-electron chi connectivity index (χ1n) is 7.08. The summed E-state index contributed by atoms with van der Waals surface area (Å²) in [7, 11) is 0. The van der Waals surface area contributed by atoms with Crippen molar-refractivity contribution in [3.8, 4) is 12.3 Å². The Kier molecular flexibility index (Phi) is 4.97. The summed E-state index contributed by atoms with van der Waals surface area (Å²) in [5.74, 6) is 3.70. The van der Waals surface area contributed by atoms with E-state index in [2.05, 4.69) is 54.3 Å². The Bertz CT molecular complexity index is 613. The monoisotopic (exact) mass is 267 g/mol. The van der Waals surface area contributed by atoms with E-state index in [1.807, 2.05) is 6.07 Å². The standard InChI is InChI=1S/C17H21N3/c1-4-11-20(6-3)17-16-10-8-7-9-14(16)12-15(19-17)13-18-5-2/h1,7-10,12,18H,5-6,11,13H2,2-3H3. The fourth-order valence-corrected chi connectivity index (χ4v) is 2.27. The van der Waals surface area contributed by atoms with Crippen molar-refractivity contribution in [2.24, 2.45) is 0 Å². The van der Waals surface area contributed by atoms with Crippen LogP contribution in [-0.4, -0.2) is 24.6 Å². The molecule has 0 unspecified atom stereocenters. The first kappa shape index (κ1) is 14.4. The van der Waals surface area contributed by atoms with E-state index in [1.54, 1.807) is 0 Å². The van der Waals surface area contributed by atoms with Crippen molar-refractivity contribution in [3.05, 3.63) is 36.0 Å². The van der Waals surface area contributed by atoms with Gasteiger partial charge in [-0.15, -0.1) is 6.42 Å². The molecule has 0 aliphatic carbocycles. The molecule has 0 aliphatic heterocycles. The van der Waals surface area contributed by atoms with E-state index in [0.717, 1.165) is 36.5 Å². The summed E-state index contributed by atoms with van der Waals surface area (Å²) in [6, 6.07) is 10.5. The first-order valence-corrected chi connectivity index (χ1v) is 7.08. The molecule has 0 saturated heterocycles. The minimum absolute atomic E-state index is 0.582. The van der Waals surface area contributed by atoms with Gasteiger partial charge in [0.25, 0.3) is 0 Å². The van der Waals surface area contributed by atoms with Crippen LogP contribution < -0.4 is 10.2 Å². The maximum Gasteiger partial charge on any atom is 0.137 e. The fourth-order valence-electron chi connectivity index (χ4n) is 2.27. The van der Waals surface area contributed by atoms with Crippen molar-refractivity contribution >= 4 is 16.6 Å². The van der Waals surface area contributed by atoms with E-state index < -0.39 is 0 Å². The second kappa shape index (κ2) is 6.93. The van der Waals surface area contributed by atoms with Gasteiger partial charge in [-0.2, -0.15) is 0 Å². The van der Waals surface area contributed by atoms with E-state index in [-0.39, 0.29) is 0 Å². The molecule has 0 bridgehead atoms. The average molecular weight is 267 g/mol. The van der Waals surface area contributed by atoms with Crippen molar-refractivity contribution in [3.63, 3.8) is 0 Å². The van der Waals surface area contributed by atoms with Crippen LogP contribution in [0.2, 0.25) is 0 Å². The lowest BCUT2D eigenvalue weighted by Crippen LogP contribution is -2.25. The number of pyridine rings is 1. The van der Waals surface area contributed by atoms with Gasteiger partial charge in [-0.1, -0.05) is 37.1 Å². The third kappa shape index (κ3) is 3.09. The van der Waals surface area contributed by atoms with E-state index in [0.29, 0.717) is 6.54 Å². The van der Waals surface area contributed by atoms with Gasteiger partial charge in [-0.05, 0) is 24.9 Å². The number of hydrogen-bond donors (Lipinski definition) is 1. The second-order valence-corrected chi connectivity index (χ2v) is 4.66. The minimum atomic E-state index is 0.582. The van der Waals surface area contributed by atoms with E-state index >= 15 is 0 Å². The number of anilines is 1. The molecule has 1 N–H and O–H groups in total. The maximum absolute atomic E-state index is 5.47. The number of nitrogens with zero attached hydrogens (tertiary/aromatic N) is 2. The maximum atomic E-state index is 5.47. The molecule has 3 heteroatoms. The highest BCUT2D eigenvalue weighted by Gasteiger charge is 2.11. The summed E-state index contributed by atoms with van der Waals surface area (Å²) in [6.07, 6.45) is 5.47. The lowest BCUT2D eigenvalue weighted by molar-refractivity contribution is 0.710.